The topological polar surface area (TPSA) is 101 Å². The van der Waals surface area contributed by atoms with Gasteiger partial charge in [0.2, 0.25) is 0 Å². The van der Waals surface area contributed by atoms with Crippen LogP contribution in [-0.2, 0) is 6.42 Å². The number of benzene rings is 1. The molecule has 5 rings (SSSR count). The van der Waals surface area contributed by atoms with E-state index >= 15 is 0 Å². The second-order valence-corrected chi connectivity index (χ2v) is 6.98. The van der Waals surface area contributed by atoms with Gasteiger partial charge in [-0.2, -0.15) is 10.4 Å². The SMILES string of the molecule is N#Cc1cc2c(nc1Cl)[C@@H](Oc1ccc3[nH]nc(-c4cnco4)c3c1)CCC2. The summed E-state index contributed by atoms with van der Waals surface area (Å²) in [6, 6.07) is 9.64. The maximum atomic E-state index is 9.18. The van der Waals surface area contributed by atoms with Gasteiger partial charge in [-0.05, 0) is 49.1 Å². The highest BCUT2D eigenvalue weighted by Crippen LogP contribution is 2.36. The number of aromatic nitrogens is 4. The van der Waals surface area contributed by atoms with Crippen LogP contribution in [0.15, 0.2) is 41.3 Å². The first-order chi connectivity index (χ1) is 13.7. The number of aryl methyl sites for hydroxylation is 1. The molecule has 1 aromatic carbocycles. The number of nitrogens with zero attached hydrogens (tertiary/aromatic N) is 4. The zero-order chi connectivity index (χ0) is 19.1. The normalized spacial score (nSPS) is 15.9. The molecule has 1 N–H and O–H groups in total. The van der Waals surface area contributed by atoms with Gasteiger partial charge >= 0.3 is 0 Å². The molecule has 0 unspecified atom stereocenters. The van der Waals surface area contributed by atoms with E-state index in [0.717, 1.165) is 41.4 Å². The molecular formula is C20H14ClN5O2. The van der Waals surface area contributed by atoms with Crippen molar-refractivity contribution in [2.75, 3.05) is 0 Å². The van der Waals surface area contributed by atoms with Crippen molar-refractivity contribution in [3.63, 3.8) is 0 Å². The summed E-state index contributed by atoms with van der Waals surface area (Å²) in [4.78, 5) is 8.40. The Labute approximate surface area is 164 Å². The number of aromatic amines is 1. The number of fused-ring (bicyclic) bond motifs is 2. The number of ether oxygens (including phenoxy) is 1. The average molecular weight is 392 g/mol. The molecule has 0 aliphatic heterocycles. The number of halogens is 1. The largest absolute Gasteiger partial charge is 0.484 e. The molecule has 3 heterocycles. The third-order valence-corrected chi connectivity index (χ3v) is 5.19. The molecule has 1 aliphatic rings. The Balaban J connectivity index is 1.51. The maximum absolute atomic E-state index is 9.18. The fraction of sp³-hybridized carbons (Fsp3) is 0.200. The van der Waals surface area contributed by atoms with Crippen LogP contribution in [0.3, 0.4) is 0 Å². The lowest BCUT2D eigenvalue weighted by atomic mass is 9.92. The van der Waals surface area contributed by atoms with E-state index < -0.39 is 0 Å². The summed E-state index contributed by atoms with van der Waals surface area (Å²) in [5.74, 6) is 1.29. The number of oxazole rings is 1. The Bertz CT molecular complexity index is 1210. The number of nitriles is 1. The smallest absolute Gasteiger partial charge is 0.181 e. The predicted molar refractivity (Wildman–Crippen MR) is 102 cm³/mol. The van der Waals surface area contributed by atoms with E-state index in [0.29, 0.717) is 22.8 Å². The molecule has 0 fully saturated rings. The van der Waals surface area contributed by atoms with Crippen molar-refractivity contribution in [2.24, 2.45) is 0 Å². The lowest BCUT2D eigenvalue weighted by molar-refractivity contribution is 0.178. The summed E-state index contributed by atoms with van der Waals surface area (Å²) >= 11 is 6.15. The summed E-state index contributed by atoms with van der Waals surface area (Å²) in [6.07, 6.45) is 5.44. The van der Waals surface area contributed by atoms with Gasteiger partial charge in [-0.25, -0.2) is 9.97 Å². The first kappa shape index (κ1) is 16.8. The Kier molecular flexibility index (Phi) is 3.99. The van der Waals surface area contributed by atoms with Crippen LogP contribution in [-0.4, -0.2) is 20.2 Å². The van der Waals surface area contributed by atoms with Crippen LogP contribution in [0.1, 0.15) is 35.8 Å². The molecule has 1 atom stereocenters. The minimum absolute atomic E-state index is 0.216. The summed E-state index contributed by atoms with van der Waals surface area (Å²) < 4.78 is 11.6. The molecule has 8 heteroatoms. The number of H-pyrrole nitrogens is 1. The van der Waals surface area contributed by atoms with Gasteiger partial charge in [0.1, 0.15) is 28.8 Å². The maximum Gasteiger partial charge on any atom is 0.181 e. The third kappa shape index (κ3) is 2.79. The number of hydrogen-bond acceptors (Lipinski definition) is 6. The second-order valence-electron chi connectivity index (χ2n) is 6.63. The van der Waals surface area contributed by atoms with Crippen LogP contribution < -0.4 is 4.74 Å². The summed E-state index contributed by atoms with van der Waals surface area (Å²) in [5.41, 5.74) is 3.78. The number of rotatable bonds is 3. The fourth-order valence-electron chi connectivity index (χ4n) is 3.58. The molecule has 0 amide bonds. The summed E-state index contributed by atoms with van der Waals surface area (Å²) in [5, 5.41) is 17.6. The van der Waals surface area contributed by atoms with Crippen molar-refractivity contribution in [3.8, 4) is 23.3 Å². The molecule has 0 bridgehead atoms. The minimum Gasteiger partial charge on any atom is -0.484 e. The lowest BCUT2D eigenvalue weighted by Gasteiger charge is -2.25. The van der Waals surface area contributed by atoms with Crippen molar-refractivity contribution < 1.29 is 9.15 Å². The van der Waals surface area contributed by atoms with Crippen molar-refractivity contribution in [3.05, 3.63) is 58.8 Å². The molecule has 0 radical (unpaired) electrons. The van der Waals surface area contributed by atoms with Crippen LogP contribution in [0.25, 0.3) is 22.4 Å². The van der Waals surface area contributed by atoms with Crippen LogP contribution in [0, 0.1) is 11.3 Å². The van der Waals surface area contributed by atoms with Crippen molar-refractivity contribution in [1.29, 1.82) is 5.26 Å². The van der Waals surface area contributed by atoms with Gasteiger partial charge in [0, 0.05) is 5.39 Å². The molecule has 138 valence electrons. The highest BCUT2D eigenvalue weighted by atomic mass is 35.5. The van der Waals surface area contributed by atoms with Crippen molar-refractivity contribution in [1.82, 2.24) is 20.2 Å². The van der Waals surface area contributed by atoms with E-state index in [1.54, 1.807) is 6.20 Å². The first-order valence-corrected chi connectivity index (χ1v) is 9.24. The average Bonchev–Trinajstić information content (AvgIpc) is 3.37. The van der Waals surface area contributed by atoms with Crippen LogP contribution in [0.2, 0.25) is 5.15 Å². The number of pyridine rings is 1. The van der Waals surface area contributed by atoms with Gasteiger partial charge < -0.3 is 9.15 Å². The Morgan fingerprint density at radius 3 is 3.07 bits per heavy atom. The van der Waals surface area contributed by atoms with Gasteiger partial charge in [-0.15, -0.1) is 0 Å². The highest BCUT2D eigenvalue weighted by molar-refractivity contribution is 6.30. The lowest BCUT2D eigenvalue weighted by Crippen LogP contribution is -2.17. The molecule has 7 nitrogen and oxygen atoms in total. The number of hydrogen-bond donors (Lipinski definition) is 1. The van der Waals surface area contributed by atoms with Gasteiger partial charge in [-0.3, -0.25) is 5.10 Å². The van der Waals surface area contributed by atoms with Gasteiger partial charge in [-0.1, -0.05) is 11.6 Å². The van der Waals surface area contributed by atoms with Crippen LogP contribution >= 0.6 is 11.6 Å². The molecule has 0 saturated carbocycles. The van der Waals surface area contributed by atoms with Crippen LogP contribution in [0.5, 0.6) is 5.75 Å². The second kappa shape index (κ2) is 6.66. The minimum atomic E-state index is -0.216. The molecule has 0 spiro atoms. The zero-order valence-corrected chi connectivity index (χ0v) is 15.4. The monoisotopic (exact) mass is 391 g/mol. The van der Waals surface area contributed by atoms with E-state index in [1.165, 1.54) is 6.39 Å². The van der Waals surface area contributed by atoms with Gasteiger partial charge in [0.25, 0.3) is 0 Å². The van der Waals surface area contributed by atoms with E-state index in [2.05, 4.69) is 26.2 Å². The summed E-state index contributed by atoms with van der Waals surface area (Å²) in [6.45, 7) is 0. The molecule has 1 aliphatic carbocycles. The van der Waals surface area contributed by atoms with Gasteiger partial charge in [0.05, 0.1) is 23.0 Å². The Morgan fingerprint density at radius 1 is 1.32 bits per heavy atom. The van der Waals surface area contributed by atoms with Crippen molar-refractivity contribution in [2.45, 2.75) is 25.4 Å². The van der Waals surface area contributed by atoms with E-state index in [1.807, 2.05) is 24.3 Å². The quantitative estimate of drug-likeness (QED) is 0.512. The van der Waals surface area contributed by atoms with E-state index in [4.69, 9.17) is 20.8 Å². The predicted octanol–water partition coefficient (Wildman–Crippen LogP) is 4.59. The molecular weight excluding hydrogens is 378 g/mol. The molecule has 28 heavy (non-hydrogen) atoms. The molecule has 3 aromatic heterocycles. The van der Waals surface area contributed by atoms with E-state index in [-0.39, 0.29) is 11.3 Å². The first-order valence-electron chi connectivity index (χ1n) is 8.86. The zero-order valence-electron chi connectivity index (χ0n) is 14.6. The summed E-state index contributed by atoms with van der Waals surface area (Å²) in [7, 11) is 0. The standard InChI is InChI=1S/C20H14ClN5O2/c21-20-12(8-22)6-11-2-1-3-16(18(11)24-20)28-13-4-5-15-14(7-13)19(26-25-15)17-9-23-10-27-17/h4-7,9-10,16H,1-3H2,(H,25,26)/t16-/m0/s1. The Morgan fingerprint density at radius 2 is 2.25 bits per heavy atom. The van der Waals surface area contributed by atoms with Crippen molar-refractivity contribution >= 4 is 22.5 Å². The van der Waals surface area contributed by atoms with Gasteiger partial charge in [0.15, 0.2) is 12.2 Å². The molecule has 4 aromatic rings. The Hall–Kier alpha value is -3.37. The van der Waals surface area contributed by atoms with Crippen LogP contribution in [0.4, 0.5) is 0 Å². The fourth-order valence-corrected chi connectivity index (χ4v) is 3.77. The third-order valence-electron chi connectivity index (χ3n) is 4.90. The highest BCUT2D eigenvalue weighted by Gasteiger charge is 2.25. The van der Waals surface area contributed by atoms with E-state index in [9.17, 15) is 5.26 Å². The number of nitrogens with one attached hydrogen (secondary N) is 1. The molecule has 0 saturated heterocycles.